The van der Waals surface area contributed by atoms with Crippen LogP contribution in [0.5, 0.6) is 0 Å². The van der Waals surface area contributed by atoms with E-state index in [-0.39, 0.29) is 0 Å². The maximum Gasteiger partial charge on any atom is -0.00431 e. The summed E-state index contributed by atoms with van der Waals surface area (Å²) in [4.78, 5) is 0. The van der Waals surface area contributed by atoms with Crippen molar-refractivity contribution in [1.82, 2.24) is 5.32 Å². The average molecular weight is 300 g/mol. The molecule has 122 valence electrons. The van der Waals surface area contributed by atoms with Crippen LogP contribution in [0.1, 0.15) is 82.3 Å². The summed E-state index contributed by atoms with van der Waals surface area (Å²) < 4.78 is 0. The third-order valence-corrected chi connectivity index (χ3v) is 6.14. The van der Waals surface area contributed by atoms with Gasteiger partial charge in [0.25, 0.3) is 0 Å². The fourth-order valence-electron chi connectivity index (χ4n) is 4.51. The van der Waals surface area contributed by atoms with Crippen molar-refractivity contribution in [3.8, 4) is 0 Å². The standard InChI is InChI=1S/C21H33N/c1-21(2,3)20-9-7-16(8-10-20)18-5-4-6-19(15-18)17-11-13-22-14-12-17/h4-6,15-17,20,22H,7-14H2,1-3H3. The van der Waals surface area contributed by atoms with Crippen LogP contribution in [0, 0.1) is 11.3 Å². The number of benzene rings is 1. The molecule has 0 atom stereocenters. The molecule has 1 saturated carbocycles. The molecule has 0 spiro atoms. The SMILES string of the molecule is CC(C)(C)C1CCC(c2cccc(C3CCNCC3)c2)CC1. The quantitative estimate of drug-likeness (QED) is 0.763. The highest BCUT2D eigenvalue weighted by Crippen LogP contribution is 2.43. The summed E-state index contributed by atoms with van der Waals surface area (Å²) in [6.07, 6.45) is 8.20. The lowest BCUT2D eigenvalue weighted by atomic mass is 9.68. The largest absolute Gasteiger partial charge is 0.317 e. The van der Waals surface area contributed by atoms with Gasteiger partial charge < -0.3 is 5.32 Å². The molecule has 0 amide bonds. The van der Waals surface area contributed by atoms with Gasteiger partial charge in [-0.2, -0.15) is 0 Å². The van der Waals surface area contributed by atoms with Crippen LogP contribution in [0.15, 0.2) is 24.3 Å². The van der Waals surface area contributed by atoms with Crippen LogP contribution in [0.4, 0.5) is 0 Å². The third kappa shape index (κ3) is 3.74. The zero-order chi connectivity index (χ0) is 15.6. The minimum absolute atomic E-state index is 0.488. The molecule has 3 rings (SSSR count). The normalized spacial score (nSPS) is 27.8. The van der Waals surface area contributed by atoms with Crippen molar-refractivity contribution in [2.75, 3.05) is 13.1 Å². The molecule has 0 unspecified atom stereocenters. The Balaban J connectivity index is 1.66. The van der Waals surface area contributed by atoms with Crippen LogP contribution in [0.3, 0.4) is 0 Å². The first kappa shape index (κ1) is 16.1. The van der Waals surface area contributed by atoms with E-state index in [1.54, 1.807) is 11.1 Å². The number of rotatable bonds is 2. The second-order valence-electron chi connectivity index (χ2n) is 8.61. The molecule has 1 aromatic carbocycles. The lowest BCUT2D eigenvalue weighted by molar-refractivity contribution is 0.169. The van der Waals surface area contributed by atoms with E-state index < -0.39 is 0 Å². The Morgan fingerprint density at radius 3 is 1.91 bits per heavy atom. The van der Waals surface area contributed by atoms with Gasteiger partial charge in [-0.15, -0.1) is 0 Å². The summed E-state index contributed by atoms with van der Waals surface area (Å²) in [5, 5.41) is 3.48. The highest BCUT2D eigenvalue weighted by molar-refractivity contribution is 5.29. The molecule has 1 aromatic rings. The van der Waals surface area contributed by atoms with E-state index in [0.717, 1.165) is 17.8 Å². The summed E-state index contributed by atoms with van der Waals surface area (Å²) in [5.74, 6) is 2.50. The first-order valence-corrected chi connectivity index (χ1v) is 9.34. The third-order valence-electron chi connectivity index (χ3n) is 6.14. The minimum Gasteiger partial charge on any atom is -0.317 e. The smallest absolute Gasteiger partial charge is 0.00431 e. The topological polar surface area (TPSA) is 12.0 Å². The second-order valence-corrected chi connectivity index (χ2v) is 8.61. The number of hydrogen-bond acceptors (Lipinski definition) is 1. The summed E-state index contributed by atoms with van der Waals surface area (Å²) in [6.45, 7) is 9.61. The molecule has 0 bridgehead atoms. The van der Waals surface area contributed by atoms with Gasteiger partial charge in [-0.1, -0.05) is 45.0 Å². The van der Waals surface area contributed by atoms with E-state index in [1.165, 1.54) is 51.6 Å². The molecule has 0 radical (unpaired) electrons. The lowest BCUT2D eigenvalue weighted by Crippen LogP contribution is -2.27. The first-order valence-electron chi connectivity index (χ1n) is 9.34. The van der Waals surface area contributed by atoms with E-state index >= 15 is 0 Å². The Labute approximate surface area is 136 Å². The second kappa shape index (κ2) is 6.74. The Morgan fingerprint density at radius 2 is 1.36 bits per heavy atom. The molecule has 1 heteroatoms. The molecular formula is C21H33N. The molecular weight excluding hydrogens is 266 g/mol. The van der Waals surface area contributed by atoms with Crippen LogP contribution in [0.25, 0.3) is 0 Å². The Morgan fingerprint density at radius 1 is 0.818 bits per heavy atom. The average Bonchev–Trinajstić information content (AvgIpc) is 2.55. The minimum atomic E-state index is 0.488. The molecule has 2 fully saturated rings. The number of hydrogen-bond donors (Lipinski definition) is 1. The molecule has 1 saturated heterocycles. The summed E-state index contributed by atoms with van der Waals surface area (Å²) in [5.41, 5.74) is 3.70. The van der Waals surface area contributed by atoms with Gasteiger partial charge >= 0.3 is 0 Å². The summed E-state index contributed by atoms with van der Waals surface area (Å²) >= 11 is 0. The van der Waals surface area contributed by atoms with Crippen LogP contribution >= 0.6 is 0 Å². The van der Waals surface area contributed by atoms with Crippen LogP contribution in [-0.4, -0.2) is 13.1 Å². The molecule has 1 nitrogen and oxygen atoms in total. The van der Waals surface area contributed by atoms with Crippen LogP contribution < -0.4 is 5.32 Å². The molecule has 1 aliphatic carbocycles. The van der Waals surface area contributed by atoms with Crippen molar-refractivity contribution >= 4 is 0 Å². The summed E-state index contributed by atoms with van der Waals surface area (Å²) in [7, 11) is 0. The Kier molecular flexibility index (Phi) is 4.92. The van der Waals surface area contributed by atoms with E-state index in [2.05, 4.69) is 50.4 Å². The summed E-state index contributed by atoms with van der Waals surface area (Å²) in [6, 6.07) is 9.59. The van der Waals surface area contributed by atoms with Crippen molar-refractivity contribution in [2.45, 2.75) is 71.1 Å². The van der Waals surface area contributed by atoms with Gasteiger partial charge in [0.2, 0.25) is 0 Å². The van der Waals surface area contributed by atoms with Crippen molar-refractivity contribution in [1.29, 1.82) is 0 Å². The van der Waals surface area contributed by atoms with Crippen molar-refractivity contribution in [3.05, 3.63) is 35.4 Å². The first-order chi connectivity index (χ1) is 10.5. The molecule has 1 heterocycles. The Hall–Kier alpha value is -0.820. The van der Waals surface area contributed by atoms with Gasteiger partial charge in [0.05, 0.1) is 0 Å². The van der Waals surface area contributed by atoms with Crippen molar-refractivity contribution in [2.24, 2.45) is 11.3 Å². The lowest BCUT2D eigenvalue weighted by Gasteiger charge is -2.37. The predicted molar refractivity (Wildman–Crippen MR) is 95.4 cm³/mol. The fraction of sp³-hybridized carbons (Fsp3) is 0.714. The zero-order valence-electron chi connectivity index (χ0n) is 14.7. The van der Waals surface area contributed by atoms with E-state index in [1.807, 2.05) is 0 Å². The fourth-order valence-corrected chi connectivity index (χ4v) is 4.51. The van der Waals surface area contributed by atoms with Crippen molar-refractivity contribution in [3.63, 3.8) is 0 Å². The van der Waals surface area contributed by atoms with Crippen molar-refractivity contribution < 1.29 is 0 Å². The maximum absolute atomic E-state index is 3.48. The van der Waals surface area contributed by atoms with E-state index in [4.69, 9.17) is 0 Å². The van der Waals surface area contributed by atoms with Gasteiger partial charge in [-0.3, -0.25) is 0 Å². The van der Waals surface area contributed by atoms with Gasteiger partial charge in [0, 0.05) is 0 Å². The predicted octanol–water partition coefficient (Wildman–Crippen LogP) is 5.47. The van der Waals surface area contributed by atoms with Gasteiger partial charge in [-0.25, -0.2) is 0 Å². The molecule has 1 N–H and O–H groups in total. The van der Waals surface area contributed by atoms with E-state index in [9.17, 15) is 0 Å². The Bertz CT molecular complexity index is 471. The molecule has 1 aliphatic heterocycles. The highest BCUT2D eigenvalue weighted by Gasteiger charge is 2.30. The van der Waals surface area contributed by atoms with Crippen LogP contribution in [-0.2, 0) is 0 Å². The van der Waals surface area contributed by atoms with Gasteiger partial charge in [0.1, 0.15) is 0 Å². The zero-order valence-corrected chi connectivity index (χ0v) is 14.7. The molecule has 2 aliphatic rings. The van der Waals surface area contributed by atoms with Gasteiger partial charge in [0.15, 0.2) is 0 Å². The maximum atomic E-state index is 3.48. The number of piperidine rings is 1. The van der Waals surface area contributed by atoms with Crippen LogP contribution in [0.2, 0.25) is 0 Å². The molecule has 0 aromatic heterocycles. The number of nitrogens with one attached hydrogen (secondary N) is 1. The van der Waals surface area contributed by atoms with Gasteiger partial charge in [-0.05, 0) is 85.9 Å². The molecule has 22 heavy (non-hydrogen) atoms. The highest BCUT2D eigenvalue weighted by atomic mass is 14.9. The van der Waals surface area contributed by atoms with E-state index in [0.29, 0.717) is 5.41 Å². The monoisotopic (exact) mass is 299 g/mol.